The fourth-order valence-electron chi connectivity index (χ4n) is 2.85. The van der Waals surface area contributed by atoms with Crippen LogP contribution in [0, 0.1) is 0 Å². The van der Waals surface area contributed by atoms with Gasteiger partial charge in [-0.25, -0.2) is 13.6 Å². The molecule has 0 spiro atoms. The maximum atomic E-state index is 13.0. The number of urea groups is 1. The molecule has 1 saturated heterocycles. The topological polar surface area (TPSA) is 72.9 Å². The van der Waals surface area contributed by atoms with Crippen LogP contribution in [0.3, 0.4) is 0 Å². The van der Waals surface area contributed by atoms with Crippen molar-refractivity contribution < 1.29 is 23.5 Å². The predicted octanol–water partition coefficient (Wildman–Crippen LogP) is 0.975. The highest BCUT2D eigenvalue weighted by Gasteiger charge is 2.42. The van der Waals surface area contributed by atoms with E-state index in [1.54, 1.807) is 0 Å². The second kappa shape index (κ2) is 6.13. The molecule has 1 aliphatic heterocycles. The van der Waals surface area contributed by atoms with Crippen molar-refractivity contribution in [3.05, 3.63) is 0 Å². The lowest BCUT2D eigenvalue weighted by Crippen LogP contribution is -2.56. The highest BCUT2D eigenvalue weighted by atomic mass is 19.3. The number of amides is 2. The summed E-state index contributed by atoms with van der Waals surface area (Å²) in [4.78, 5) is 25.5. The molecule has 0 bridgehead atoms. The standard InChI is InChI=1S/C13H21F2N3O3/c1-2-17(7-11(19)20)10-5-9(6-10)16-12(21)18-4-3-13(14,15)8-18/h9-10H,2-8H2,1H3,(H,16,21)(H,19,20). The van der Waals surface area contributed by atoms with E-state index in [1.165, 1.54) is 0 Å². The molecule has 1 heterocycles. The van der Waals surface area contributed by atoms with Gasteiger partial charge in [-0.3, -0.25) is 9.69 Å². The number of carbonyl (C=O) groups is 2. The molecule has 1 aliphatic carbocycles. The smallest absolute Gasteiger partial charge is 0.317 e. The lowest BCUT2D eigenvalue weighted by atomic mass is 9.85. The van der Waals surface area contributed by atoms with E-state index < -0.39 is 24.5 Å². The number of carboxylic acid groups (broad SMARTS) is 1. The van der Waals surface area contributed by atoms with Crippen LogP contribution in [0.2, 0.25) is 0 Å². The quantitative estimate of drug-likeness (QED) is 0.794. The molecule has 0 atom stereocenters. The maximum Gasteiger partial charge on any atom is 0.317 e. The summed E-state index contributed by atoms with van der Waals surface area (Å²) in [6, 6.07) is -0.368. The number of likely N-dealkylation sites (N-methyl/N-ethyl adjacent to an activating group) is 1. The highest BCUT2D eigenvalue weighted by Crippen LogP contribution is 2.28. The fourth-order valence-corrected chi connectivity index (χ4v) is 2.85. The molecular formula is C13H21F2N3O3. The number of nitrogens with zero attached hydrogens (tertiary/aromatic N) is 2. The monoisotopic (exact) mass is 305 g/mol. The minimum atomic E-state index is -2.78. The van der Waals surface area contributed by atoms with Gasteiger partial charge in [-0.15, -0.1) is 0 Å². The molecule has 0 aromatic carbocycles. The van der Waals surface area contributed by atoms with Crippen molar-refractivity contribution in [2.45, 2.75) is 44.2 Å². The van der Waals surface area contributed by atoms with Gasteiger partial charge in [0.1, 0.15) is 0 Å². The molecule has 120 valence electrons. The second-order valence-corrected chi connectivity index (χ2v) is 5.76. The Balaban J connectivity index is 1.73. The minimum absolute atomic E-state index is 0.0137. The number of nitrogens with one attached hydrogen (secondary N) is 1. The number of aliphatic carboxylic acids is 1. The summed E-state index contributed by atoms with van der Waals surface area (Å²) in [5, 5.41) is 11.5. The summed E-state index contributed by atoms with van der Waals surface area (Å²) in [7, 11) is 0. The van der Waals surface area contributed by atoms with Crippen molar-refractivity contribution in [3.63, 3.8) is 0 Å². The fraction of sp³-hybridized carbons (Fsp3) is 0.846. The molecule has 0 aromatic rings. The van der Waals surface area contributed by atoms with E-state index in [1.807, 2.05) is 11.8 Å². The molecular weight excluding hydrogens is 284 g/mol. The molecule has 21 heavy (non-hydrogen) atoms. The normalized spacial score (nSPS) is 27.5. The van der Waals surface area contributed by atoms with Crippen molar-refractivity contribution >= 4 is 12.0 Å². The zero-order chi connectivity index (χ0) is 15.6. The van der Waals surface area contributed by atoms with E-state index in [4.69, 9.17) is 5.11 Å². The van der Waals surface area contributed by atoms with Gasteiger partial charge in [-0.05, 0) is 19.4 Å². The first kappa shape index (κ1) is 15.9. The van der Waals surface area contributed by atoms with E-state index >= 15 is 0 Å². The zero-order valence-electron chi connectivity index (χ0n) is 12.0. The Morgan fingerprint density at radius 1 is 1.43 bits per heavy atom. The van der Waals surface area contributed by atoms with Gasteiger partial charge in [0.15, 0.2) is 0 Å². The number of likely N-dealkylation sites (tertiary alicyclic amines) is 1. The predicted molar refractivity (Wildman–Crippen MR) is 71.4 cm³/mol. The molecule has 2 N–H and O–H groups in total. The molecule has 2 amide bonds. The Hall–Kier alpha value is -1.44. The molecule has 1 saturated carbocycles. The van der Waals surface area contributed by atoms with Crippen molar-refractivity contribution in [2.75, 3.05) is 26.2 Å². The van der Waals surface area contributed by atoms with Crippen molar-refractivity contribution in [1.82, 2.24) is 15.1 Å². The zero-order valence-corrected chi connectivity index (χ0v) is 12.0. The van der Waals surface area contributed by atoms with Gasteiger partial charge >= 0.3 is 12.0 Å². The maximum absolute atomic E-state index is 13.0. The van der Waals surface area contributed by atoms with Gasteiger partial charge in [0.2, 0.25) is 0 Å². The summed E-state index contributed by atoms with van der Waals surface area (Å²) in [5.41, 5.74) is 0. The average molecular weight is 305 g/mol. The van der Waals surface area contributed by atoms with Crippen LogP contribution in [0.15, 0.2) is 0 Å². The summed E-state index contributed by atoms with van der Waals surface area (Å²) >= 11 is 0. The average Bonchev–Trinajstić information content (AvgIpc) is 2.71. The van der Waals surface area contributed by atoms with Crippen LogP contribution >= 0.6 is 0 Å². The molecule has 2 rings (SSSR count). The molecule has 6 nitrogen and oxygen atoms in total. The molecule has 2 fully saturated rings. The Bertz CT molecular complexity index is 413. The Kier molecular flexibility index (Phi) is 4.65. The number of carbonyl (C=O) groups excluding carboxylic acids is 1. The third-order valence-electron chi connectivity index (χ3n) is 4.16. The number of alkyl halides is 2. The van der Waals surface area contributed by atoms with E-state index in [-0.39, 0.29) is 31.6 Å². The second-order valence-electron chi connectivity index (χ2n) is 5.76. The molecule has 0 aromatic heterocycles. The van der Waals surface area contributed by atoms with Crippen molar-refractivity contribution in [1.29, 1.82) is 0 Å². The van der Waals surface area contributed by atoms with E-state index in [0.29, 0.717) is 19.4 Å². The summed E-state index contributed by atoms with van der Waals surface area (Å²) in [5.74, 6) is -3.65. The van der Waals surface area contributed by atoms with Gasteiger partial charge in [0.05, 0.1) is 13.1 Å². The van der Waals surface area contributed by atoms with Crippen molar-refractivity contribution in [3.8, 4) is 0 Å². The lowest BCUT2D eigenvalue weighted by Gasteiger charge is -2.42. The Morgan fingerprint density at radius 2 is 2.10 bits per heavy atom. The number of halogens is 2. The van der Waals surface area contributed by atoms with Gasteiger partial charge < -0.3 is 15.3 Å². The Morgan fingerprint density at radius 3 is 2.57 bits per heavy atom. The van der Waals surface area contributed by atoms with Crippen LogP contribution < -0.4 is 5.32 Å². The molecule has 0 unspecified atom stereocenters. The SMILES string of the molecule is CCN(CC(=O)O)C1CC(NC(=O)N2CCC(F)(F)C2)C1. The minimum Gasteiger partial charge on any atom is -0.480 e. The first-order valence-corrected chi connectivity index (χ1v) is 7.20. The summed E-state index contributed by atoms with van der Waals surface area (Å²) in [6.07, 6.45) is 1.05. The number of hydrogen-bond donors (Lipinski definition) is 2. The third-order valence-corrected chi connectivity index (χ3v) is 4.16. The van der Waals surface area contributed by atoms with Crippen LogP contribution in [0.1, 0.15) is 26.2 Å². The largest absolute Gasteiger partial charge is 0.480 e. The van der Waals surface area contributed by atoms with E-state index in [0.717, 1.165) is 4.90 Å². The van der Waals surface area contributed by atoms with E-state index in [9.17, 15) is 18.4 Å². The van der Waals surface area contributed by atoms with Crippen LogP contribution in [0.5, 0.6) is 0 Å². The summed E-state index contributed by atoms with van der Waals surface area (Å²) < 4.78 is 26.1. The van der Waals surface area contributed by atoms with Crippen LogP contribution in [0.4, 0.5) is 13.6 Å². The number of carboxylic acids is 1. The van der Waals surface area contributed by atoms with Crippen molar-refractivity contribution in [2.24, 2.45) is 0 Å². The van der Waals surface area contributed by atoms with Gasteiger partial charge in [-0.1, -0.05) is 6.92 Å². The third kappa shape index (κ3) is 4.03. The first-order chi connectivity index (χ1) is 9.80. The van der Waals surface area contributed by atoms with Crippen LogP contribution in [-0.2, 0) is 4.79 Å². The molecule has 2 aliphatic rings. The highest BCUT2D eigenvalue weighted by molar-refractivity contribution is 5.75. The van der Waals surface area contributed by atoms with E-state index in [2.05, 4.69) is 5.32 Å². The van der Waals surface area contributed by atoms with Gasteiger partial charge in [0, 0.05) is 25.0 Å². The Labute approximate surface area is 122 Å². The molecule has 8 heteroatoms. The lowest BCUT2D eigenvalue weighted by molar-refractivity contribution is -0.139. The number of rotatable bonds is 5. The number of hydrogen-bond acceptors (Lipinski definition) is 3. The van der Waals surface area contributed by atoms with Crippen LogP contribution in [-0.4, -0.2) is 71.1 Å². The first-order valence-electron chi connectivity index (χ1n) is 7.20. The van der Waals surface area contributed by atoms with Crippen LogP contribution in [0.25, 0.3) is 0 Å². The van der Waals surface area contributed by atoms with Gasteiger partial charge in [0.25, 0.3) is 5.92 Å². The summed E-state index contributed by atoms with van der Waals surface area (Å²) in [6.45, 7) is 2.07. The molecule has 0 radical (unpaired) electrons. The van der Waals surface area contributed by atoms with Gasteiger partial charge in [-0.2, -0.15) is 0 Å².